The van der Waals surface area contributed by atoms with Gasteiger partial charge in [-0.1, -0.05) is 67.1 Å². The molecule has 2 aromatic rings. The van der Waals surface area contributed by atoms with Gasteiger partial charge in [0.2, 0.25) is 0 Å². The van der Waals surface area contributed by atoms with Crippen LogP contribution >= 0.6 is 0 Å². The Morgan fingerprint density at radius 3 is 2.17 bits per heavy atom. The molecule has 18 heavy (non-hydrogen) atoms. The average molecular weight is 238 g/mol. The number of hydrogen-bond acceptors (Lipinski definition) is 1. The molecule has 1 unspecified atom stereocenters. The maximum atomic E-state index is 12.5. The van der Waals surface area contributed by atoms with E-state index in [-0.39, 0.29) is 11.7 Å². The molecular formula is C17H18O. The zero-order chi connectivity index (χ0) is 13.0. The van der Waals surface area contributed by atoms with Gasteiger partial charge in [0, 0.05) is 11.5 Å². The Balaban J connectivity index is 2.28. The Hall–Kier alpha value is -1.89. The minimum atomic E-state index is -0.0334. The van der Waals surface area contributed by atoms with E-state index in [1.807, 2.05) is 61.5 Å². The highest BCUT2D eigenvalue weighted by Gasteiger charge is 2.19. The number of aryl methyl sites for hydroxylation is 1. The molecule has 1 nitrogen and oxygen atoms in total. The van der Waals surface area contributed by atoms with E-state index in [0.29, 0.717) is 0 Å². The van der Waals surface area contributed by atoms with Gasteiger partial charge >= 0.3 is 0 Å². The van der Waals surface area contributed by atoms with Crippen LogP contribution in [0.25, 0.3) is 0 Å². The number of carbonyl (C=O) groups is 1. The molecule has 0 aromatic heterocycles. The van der Waals surface area contributed by atoms with Crippen LogP contribution in [0.5, 0.6) is 0 Å². The molecule has 0 amide bonds. The summed E-state index contributed by atoms with van der Waals surface area (Å²) in [7, 11) is 0. The lowest BCUT2D eigenvalue weighted by atomic mass is 9.88. The van der Waals surface area contributed by atoms with Gasteiger partial charge in [-0.15, -0.1) is 0 Å². The standard InChI is InChI=1S/C17H18O/c1-3-16(14-7-5-4-6-8-14)17(18)15-11-9-13(2)10-12-15/h4-12,16H,3H2,1-2H3. The maximum Gasteiger partial charge on any atom is 0.170 e. The molecule has 0 saturated carbocycles. The van der Waals surface area contributed by atoms with Crippen molar-refractivity contribution in [3.8, 4) is 0 Å². The Labute approximate surface area is 108 Å². The third-order valence-corrected chi connectivity index (χ3v) is 3.26. The second-order valence-corrected chi connectivity index (χ2v) is 4.60. The third kappa shape index (κ3) is 2.67. The van der Waals surface area contributed by atoms with Crippen LogP contribution in [0.1, 0.15) is 40.7 Å². The summed E-state index contributed by atoms with van der Waals surface area (Å²) in [6.45, 7) is 4.09. The smallest absolute Gasteiger partial charge is 0.170 e. The van der Waals surface area contributed by atoms with Crippen LogP contribution in [0, 0.1) is 6.92 Å². The van der Waals surface area contributed by atoms with E-state index < -0.39 is 0 Å². The van der Waals surface area contributed by atoms with Crippen molar-refractivity contribution >= 4 is 5.78 Å². The molecular weight excluding hydrogens is 220 g/mol. The molecule has 92 valence electrons. The second-order valence-electron chi connectivity index (χ2n) is 4.60. The van der Waals surface area contributed by atoms with Crippen molar-refractivity contribution in [1.29, 1.82) is 0 Å². The van der Waals surface area contributed by atoms with Gasteiger partial charge in [0.15, 0.2) is 5.78 Å². The fourth-order valence-electron chi connectivity index (χ4n) is 2.18. The molecule has 0 spiro atoms. The summed E-state index contributed by atoms with van der Waals surface area (Å²) in [6.07, 6.45) is 0.830. The molecule has 0 radical (unpaired) electrons. The van der Waals surface area contributed by atoms with Crippen molar-refractivity contribution in [3.05, 3.63) is 71.3 Å². The Morgan fingerprint density at radius 2 is 1.61 bits per heavy atom. The summed E-state index contributed by atoms with van der Waals surface area (Å²) < 4.78 is 0. The van der Waals surface area contributed by atoms with Crippen LogP contribution < -0.4 is 0 Å². The third-order valence-electron chi connectivity index (χ3n) is 3.26. The predicted octanol–water partition coefficient (Wildman–Crippen LogP) is 4.37. The van der Waals surface area contributed by atoms with Crippen LogP contribution in [0.15, 0.2) is 54.6 Å². The summed E-state index contributed by atoms with van der Waals surface area (Å²) in [4.78, 5) is 12.5. The van der Waals surface area contributed by atoms with Gasteiger partial charge in [-0.3, -0.25) is 4.79 Å². The lowest BCUT2D eigenvalue weighted by Crippen LogP contribution is -2.12. The van der Waals surface area contributed by atoms with Gasteiger partial charge < -0.3 is 0 Å². The van der Waals surface area contributed by atoms with Crippen molar-refractivity contribution in [1.82, 2.24) is 0 Å². The summed E-state index contributed by atoms with van der Waals surface area (Å²) >= 11 is 0. The maximum absolute atomic E-state index is 12.5. The zero-order valence-corrected chi connectivity index (χ0v) is 10.9. The first-order valence-corrected chi connectivity index (χ1v) is 6.38. The van der Waals surface area contributed by atoms with Crippen LogP contribution in [-0.2, 0) is 0 Å². The van der Waals surface area contributed by atoms with E-state index >= 15 is 0 Å². The summed E-state index contributed by atoms with van der Waals surface area (Å²) in [5.41, 5.74) is 3.08. The highest BCUT2D eigenvalue weighted by atomic mass is 16.1. The Kier molecular flexibility index (Phi) is 3.93. The van der Waals surface area contributed by atoms with Crippen molar-refractivity contribution in [3.63, 3.8) is 0 Å². The first-order chi connectivity index (χ1) is 8.72. The molecule has 1 atom stereocenters. The molecule has 2 aromatic carbocycles. The number of hydrogen-bond donors (Lipinski definition) is 0. The van der Waals surface area contributed by atoms with Crippen LogP contribution in [0.4, 0.5) is 0 Å². The zero-order valence-electron chi connectivity index (χ0n) is 10.9. The number of benzene rings is 2. The lowest BCUT2D eigenvalue weighted by Gasteiger charge is -2.14. The van der Waals surface area contributed by atoms with Gasteiger partial charge in [-0.25, -0.2) is 0 Å². The highest BCUT2D eigenvalue weighted by Crippen LogP contribution is 2.24. The van der Waals surface area contributed by atoms with E-state index in [4.69, 9.17) is 0 Å². The van der Waals surface area contributed by atoms with E-state index in [9.17, 15) is 4.79 Å². The molecule has 0 aliphatic carbocycles. The van der Waals surface area contributed by atoms with Crippen LogP contribution in [0.3, 0.4) is 0 Å². The van der Waals surface area contributed by atoms with Crippen LogP contribution in [-0.4, -0.2) is 5.78 Å². The van der Waals surface area contributed by atoms with E-state index in [1.54, 1.807) is 0 Å². The fourth-order valence-corrected chi connectivity index (χ4v) is 2.18. The van der Waals surface area contributed by atoms with Crippen molar-refractivity contribution < 1.29 is 4.79 Å². The molecule has 0 aliphatic heterocycles. The molecule has 0 N–H and O–H groups in total. The molecule has 0 bridgehead atoms. The normalized spacial score (nSPS) is 12.1. The van der Waals surface area contributed by atoms with Crippen molar-refractivity contribution in [2.45, 2.75) is 26.2 Å². The molecule has 0 aliphatic rings. The topological polar surface area (TPSA) is 17.1 Å². The van der Waals surface area contributed by atoms with Crippen LogP contribution in [0.2, 0.25) is 0 Å². The molecule has 2 rings (SSSR count). The minimum absolute atomic E-state index is 0.0334. The van der Waals surface area contributed by atoms with E-state index in [1.165, 1.54) is 5.56 Å². The van der Waals surface area contributed by atoms with E-state index in [2.05, 4.69) is 6.92 Å². The Bertz CT molecular complexity index is 511. The summed E-state index contributed by atoms with van der Waals surface area (Å²) in [6, 6.07) is 17.8. The SMILES string of the molecule is CCC(C(=O)c1ccc(C)cc1)c1ccccc1. The highest BCUT2D eigenvalue weighted by molar-refractivity contribution is 6.00. The predicted molar refractivity (Wildman–Crippen MR) is 75.0 cm³/mol. The number of rotatable bonds is 4. The number of carbonyl (C=O) groups excluding carboxylic acids is 1. The number of Topliss-reactive ketones (excluding diaryl/α,β-unsaturated/α-hetero) is 1. The molecule has 0 saturated heterocycles. The van der Waals surface area contributed by atoms with Gasteiger partial charge in [-0.05, 0) is 18.9 Å². The van der Waals surface area contributed by atoms with Gasteiger partial charge in [0.1, 0.15) is 0 Å². The largest absolute Gasteiger partial charge is 0.293 e. The lowest BCUT2D eigenvalue weighted by molar-refractivity contribution is 0.0957. The van der Waals surface area contributed by atoms with E-state index in [0.717, 1.165) is 17.5 Å². The van der Waals surface area contributed by atoms with Crippen molar-refractivity contribution in [2.24, 2.45) is 0 Å². The van der Waals surface area contributed by atoms with Gasteiger partial charge in [0.25, 0.3) is 0 Å². The first-order valence-electron chi connectivity index (χ1n) is 6.38. The first kappa shape index (κ1) is 12.6. The molecule has 0 heterocycles. The van der Waals surface area contributed by atoms with Gasteiger partial charge in [0.05, 0.1) is 0 Å². The fraction of sp³-hybridized carbons (Fsp3) is 0.235. The summed E-state index contributed by atoms with van der Waals surface area (Å²) in [5.74, 6) is 0.178. The molecule has 1 heteroatoms. The quantitative estimate of drug-likeness (QED) is 0.723. The minimum Gasteiger partial charge on any atom is -0.293 e. The van der Waals surface area contributed by atoms with Gasteiger partial charge in [-0.2, -0.15) is 0 Å². The second kappa shape index (κ2) is 5.63. The Morgan fingerprint density at radius 1 is 1.00 bits per heavy atom. The monoisotopic (exact) mass is 238 g/mol. The molecule has 0 fully saturated rings. The summed E-state index contributed by atoms with van der Waals surface area (Å²) in [5, 5.41) is 0. The average Bonchev–Trinajstić information content (AvgIpc) is 2.41. The van der Waals surface area contributed by atoms with Crippen molar-refractivity contribution in [2.75, 3.05) is 0 Å². The number of ketones is 1.